The molecular formula is C14H11NO4. The van der Waals surface area contributed by atoms with Crippen molar-refractivity contribution in [3.8, 4) is 5.75 Å². The minimum Gasteiger partial charge on any atom is -0.485 e. The van der Waals surface area contributed by atoms with Gasteiger partial charge in [0.05, 0.1) is 4.92 Å². The molecule has 2 aromatic rings. The van der Waals surface area contributed by atoms with Gasteiger partial charge in [0.2, 0.25) is 0 Å². The molecule has 2 aromatic carbocycles. The summed E-state index contributed by atoms with van der Waals surface area (Å²) in [6, 6.07) is 14.4. The van der Waals surface area contributed by atoms with Gasteiger partial charge in [-0.3, -0.25) is 14.9 Å². The van der Waals surface area contributed by atoms with Crippen molar-refractivity contribution in [3.63, 3.8) is 0 Å². The highest BCUT2D eigenvalue weighted by Gasteiger charge is 2.07. The molecule has 0 aliphatic carbocycles. The quantitative estimate of drug-likeness (QED) is 0.469. The van der Waals surface area contributed by atoms with Crippen LogP contribution in [0.5, 0.6) is 5.75 Å². The molecule has 0 saturated carbocycles. The van der Waals surface area contributed by atoms with Crippen LogP contribution in [-0.4, -0.2) is 17.3 Å². The van der Waals surface area contributed by atoms with Crippen LogP contribution in [-0.2, 0) is 0 Å². The number of nitrogens with zero attached hydrogens (tertiary/aromatic N) is 1. The van der Waals surface area contributed by atoms with Crippen LogP contribution in [0, 0.1) is 10.1 Å². The molecule has 0 fully saturated rings. The molecule has 0 aliphatic rings. The number of Topliss-reactive ketones (excluding diaryl/α,β-unsaturated/α-hetero) is 1. The number of carbonyl (C=O) groups is 1. The van der Waals surface area contributed by atoms with Crippen molar-refractivity contribution in [2.45, 2.75) is 0 Å². The Hall–Kier alpha value is -2.69. The Balaban J connectivity index is 1.95. The monoisotopic (exact) mass is 257 g/mol. The van der Waals surface area contributed by atoms with Gasteiger partial charge in [-0.25, -0.2) is 0 Å². The molecule has 19 heavy (non-hydrogen) atoms. The molecule has 2 rings (SSSR count). The number of non-ortho nitro benzene ring substituents is 1. The van der Waals surface area contributed by atoms with E-state index in [0.29, 0.717) is 11.3 Å². The maximum absolute atomic E-state index is 11.8. The van der Waals surface area contributed by atoms with Crippen LogP contribution in [0.2, 0.25) is 0 Å². The van der Waals surface area contributed by atoms with E-state index in [1.807, 2.05) is 6.07 Å². The lowest BCUT2D eigenvalue weighted by atomic mass is 10.1. The van der Waals surface area contributed by atoms with E-state index < -0.39 is 4.92 Å². The lowest BCUT2D eigenvalue weighted by Gasteiger charge is -2.05. The summed E-state index contributed by atoms with van der Waals surface area (Å²) in [7, 11) is 0. The largest absolute Gasteiger partial charge is 0.485 e. The molecule has 0 spiro atoms. The molecule has 0 heterocycles. The van der Waals surface area contributed by atoms with Crippen molar-refractivity contribution < 1.29 is 14.5 Å². The van der Waals surface area contributed by atoms with E-state index in [2.05, 4.69) is 0 Å². The second kappa shape index (κ2) is 5.77. The molecule has 0 aliphatic heterocycles. The van der Waals surface area contributed by atoms with E-state index in [9.17, 15) is 14.9 Å². The Morgan fingerprint density at radius 1 is 1.05 bits per heavy atom. The molecular weight excluding hydrogens is 246 g/mol. The Kier molecular flexibility index (Phi) is 3.87. The van der Waals surface area contributed by atoms with Crippen LogP contribution in [0.1, 0.15) is 10.4 Å². The molecule has 0 N–H and O–H groups in total. The molecule has 0 atom stereocenters. The average Bonchev–Trinajstić information content (AvgIpc) is 2.46. The molecule has 0 radical (unpaired) electrons. The van der Waals surface area contributed by atoms with Crippen molar-refractivity contribution in [1.82, 2.24) is 0 Å². The Morgan fingerprint density at radius 3 is 2.26 bits per heavy atom. The molecule has 0 saturated heterocycles. The Morgan fingerprint density at radius 2 is 1.68 bits per heavy atom. The molecule has 0 unspecified atom stereocenters. The predicted molar refractivity (Wildman–Crippen MR) is 69.4 cm³/mol. The van der Waals surface area contributed by atoms with Gasteiger partial charge in [0.25, 0.3) is 5.69 Å². The van der Waals surface area contributed by atoms with Crippen LogP contribution in [0.4, 0.5) is 5.69 Å². The van der Waals surface area contributed by atoms with Crippen molar-refractivity contribution in [1.29, 1.82) is 0 Å². The third-order valence-corrected chi connectivity index (χ3v) is 2.51. The van der Waals surface area contributed by atoms with E-state index >= 15 is 0 Å². The third kappa shape index (κ3) is 3.38. The van der Waals surface area contributed by atoms with Crippen molar-refractivity contribution in [2.24, 2.45) is 0 Å². The maximum atomic E-state index is 11.8. The van der Waals surface area contributed by atoms with Crippen molar-refractivity contribution >= 4 is 11.5 Å². The summed E-state index contributed by atoms with van der Waals surface area (Å²) in [5.74, 6) is 0.286. The summed E-state index contributed by atoms with van der Waals surface area (Å²) in [4.78, 5) is 21.7. The zero-order valence-corrected chi connectivity index (χ0v) is 9.98. The molecule has 5 heteroatoms. The van der Waals surface area contributed by atoms with Gasteiger partial charge < -0.3 is 4.74 Å². The van der Waals surface area contributed by atoms with E-state index in [1.54, 1.807) is 24.3 Å². The number of benzene rings is 2. The van der Waals surface area contributed by atoms with Crippen LogP contribution in [0.25, 0.3) is 0 Å². The van der Waals surface area contributed by atoms with Gasteiger partial charge in [0.15, 0.2) is 12.4 Å². The van der Waals surface area contributed by atoms with Gasteiger partial charge >= 0.3 is 0 Å². The van der Waals surface area contributed by atoms with E-state index in [0.717, 1.165) is 0 Å². The first kappa shape index (κ1) is 12.8. The first-order valence-corrected chi connectivity index (χ1v) is 5.62. The lowest BCUT2D eigenvalue weighted by molar-refractivity contribution is -0.384. The topological polar surface area (TPSA) is 69.4 Å². The second-order valence-corrected chi connectivity index (χ2v) is 3.83. The number of ether oxygens (including phenoxy) is 1. The summed E-state index contributed by atoms with van der Waals surface area (Å²) < 4.78 is 5.28. The van der Waals surface area contributed by atoms with Crippen LogP contribution in [0.15, 0.2) is 54.6 Å². The SMILES string of the molecule is O=C(COc1ccc([N+](=O)[O-])cc1)c1ccccc1. The Labute approximate surface area is 109 Å². The smallest absolute Gasteiger partial charge is 0.269 e. The molecule has 5 nitrogen and oxygen atoms in total. The van der Waals surface area contributed by atoms with Gasteiger partial charge in [0, 0.05) is 17.7 Å². The number of hydrogen-bond acceptors (Lipinski definition) is 4. The molecule has 0 bridgehead atoms. The molecule has 96 valence electrons. The summed E-state index contributed by atoms with van der Waals surface area (Å²) >= 11 is 0. The fourth-order valence-electron chi connectivity index (χ4n) is 1.52. The van der Waals surface area contributed by atoms with Crippen molar-refractivity contribution in [2.75, 3.05) is 6.61 Å². The fourth-order valence-corrected chi connectivity index (χ4v) is 1.52. The second-order valence-electron chi connectivity index (χ2n) is 3.83. The summed E-state index contributed by atoms with van der Waals surface area (Å²) in [6.07, 6.45) is 0. The summed E-state index contributed by atoms with van der Waals surface area (Å²) in [5, 5.41) is 10.5. The summed E-state index contributed by atoms with van der Waals surface area (Å²) in [5.41, 5.74) is 0.561. The summed E-state index contributed by atoms with van der Waals surface area (Å²) in [6.45, 7) is -0.0954. The maximum Gasteiger partial charge on any atom is 0.269 e. The first-order chi connectivity index (χ1) is 9.16. The lowest BCUT2D eigenvalue weighted by Crippen LogP contribution is -2.11. The molecule has 0 aromatic heterocycles. The number of hydrogen-bond donors (Lipinski definition) is 0. The van der Waals surface area contributed by atoms with Gasteiger partial charge in [-0.15, -0.1) is 0 Å². The number of nitro benzene ring substituents is 1. The standard InChI is InChI=1S/C14H11NO4/c16-14(11-4-2-1-3-5-11)10-19-13-8-6-12(7-9-13)15(17)18/h1-9H,10H2. The number of ketones is 1. The first-order valence-electron chi connectivity index (χ1n) is 5.62. The highest BCUT2D eigenvalue weighted by atomic mass is 16.6. The fraction of sp³-hybridized carbons (Fsp3) is 0.0714. The third-order valence-electron chi connectivity index (χ3n) is 2.51. The van der Waals surface area contributed by atoms with E-state index in [-0.39, 0.29) is 18.1 Å². The van der Waals surface area contributed by atoms with Gasteiger partial charge in [-0.2, -0.15) is 0 Å². The zero-order valence-electron chi connectivity index (χ0n) is 9.98. The van der Waals surface area contributed by atoms with E-state index in [4.69, 9.17) is 4.74 Å². The highest BCUT2D eigenvalue weighted by molar-refractivity contribution is 5.97. The van der Waals surface area contributed by atoms with Gasteiger partial charge in [-0.05, 0) is 12.1 Å². The average molecular weight is 257 g/mol. The predicted octanol–water partition coefficient (Wildman–Crippen LogP) is 2.86. The van der Waals surface area contributed by atoms with Gasteiger partial charge in [-0.1, -0.05) is 30.3 Å². The van der Waals surface area contributed by atoms with Crippen LogP contribution < -0.4 is 4.74 Å². The van der Waals surface area contributed by atoms with E-state index in [1.165, 1.54) is 24.3 Å². The Bertz CT molecular complexity index is 578. The molecule has 0 amide bonds. The van der Waals surface area contributed by atoms with Crippen LogP contribution >= 0.6 is 0 Å². The normalized spacial score (nSPS) is 9.89. The number of nitro groups is 1. The highest BCUT2D eigenvalue weighted by Crippen LogP contribution is 2.17. The minimum absolute atomic E-state index is 0.0123. The van der Waals surface area contributed by atoms with Crippen LogP contribution in [0.3, 0.4) is 0 Å². The van der Waals surface area contributed by atoms with Gasteiger partial charge in [0.1, 0.15) is 5.75 Å². The van der Waals surface area contributed by atoms with Crippen molar-refractivity contribution in [3.05, 3.63) is 70.3 Å². The zero-order chi connectivity index (χ0) is 13.7. The minimum atomic E-state index is -0.487. The number of carbonyl (C=O) groups excluding carboxylic acids is 1. The number of rotatable bonds is 5.